The van der Waals surface area contributed by atoms with Gasteiger partial charge in [0.05, 0.1) is 5.60 Å². The van der Waals surface area contributed by atoms with Gasteiger partial charge in [-0.1, -0.05) is 57.0 Å². The summed E-state index contributed by atoms with van der Waals surface area (Å²) in [6.07, 6.45) is 8.37. The minimum atomic E-state index is -0.470. The third-order valence-electron chi connectivity index (χ3n) is 6.01. The van der Waals surface area contributed by atoms with Crippen LogP contribution in [-0.2, 0) is 0 Å². The Bertz CT molecular complexity index is 444. The number of hydrogen-bond acceptors (Lipinski definition) is 1. The lowest BCUT2D eigenvalue weighted by atomic mass is 9.60. The maximum Gasteiger partial charge on any atom is 0.0744 e. The van der Waals surface area contributed by atoms with Crippen molar-refractivity contribution in [3.8, 4) is 0 Å². The standard InChI is InChI=1S/C20H30O/c1-15-12-16(2)14-18(13-15)20(21)11-7-6-10-19(20)17-8-4-3-5-9-17/h3-5,8-9,15-16,18-19,21H,6-7,10-14H2,1-2H3. The predicted octanol–water partition coefficient (Wildman–Crippen LogP) is 5.15. The molecule has 1 nitrogen and oxygen atoms in total. The van der Waals surface area contributed by atoms with Crippen molar-refractivity contribution in [3.63, 3.8) is 0 Å². The van der Waals surface area contributed by atoms with Gasteiger partial charge in [-0.3, -0.25) is 0 Å². The Hall–Kier alpha value is -0.820. The van der Waals surface area contributed by atoms with Crippen LogP contribution in [-0.4, -0.2) is 10.7 Å². The molecule has 4 atom stereocenters. The second-order valence-electron chi connectivity index (χ2n) is 7.81. The summed E-state index contributed by atoms with van der Waals surface area (Å²) in [5.41, 5.74) is 0.883. The summed E-state index contributed by atoms with van der Waals surface area (Å²) < 4.78 is 0. The molecular formula is C20H30O. The molecule has 0 radical (unpaired) electrons. The normalized spacial score (nSPS) is 40.9. The van der Waals surface area contributed by atoms with E-state index in [9.17, 15) is 5.11 Å². The van der Waals surface area contributed by atoms with Gasteiger partial charge < -0.3 is 5.11 Å². The van der Waals surface area contributed by atoms with Crippen molar-refractivity contribution in [1.29, 1.82) is 0 Å². The highest BCUT2D eigenvalue weighted by molar-refractivity contribution is 5.24. The molecule has 116 valence electrons. The second-order valence-corrected chi connectivity index (χ2v) is 7.81. The van der Waals surface area contributed by atoms with Crippen LogP contribution in [0.4, 0.5) is 0 Å². The SMILES string of the molecule is CC1CC(C)CC(C2(O)CCCCC2c2ccccc2)C1. The molecule has 0 spiro atoms. The summed E-state index contributed by atoms with van der Waals surface area (Å²) in [7, 11) is 0. The molecule has 1 aromatic rings. The smallest absolute Gasteiger partial charge is 0.0744 e. The van der Waals surface area contributed by atoms with E-state index in [1.807, 2.05) is 0 Å². The van der Waals surface area contributed by atoms with E-state index < -0.39 is 5.60 Å². The summed E-state index contributed by atoms with van der Waals surface area (Å²) in [4.78, 5) is 0. The lowest BCUT2D eigenvalue weighted by Crippen LogP contribution is -2.48. The number of rotatable bonds is 2. The van der Waals surface area contributed by atoms with Gasteiger partial charge in [0, 0.05) is 5.92 Å². The van der Waals surface area contributed by atoms with Crippen LogP contribution in [0.1, 0.15) is 70.3 Å². The Kier molecular flexibility index (Phi) is 4.40. The molecule has 2 fully saturated rings. The van der Waals surface area contributed by atoms with Crippen molar-refractivity contribution >= 4 is 0 Å². The van der Waals surface area contributed by atoms with Crippen LogP contribution in [0.3, 0.4) is 0 Å². The Balaban J connectivity index is 1.88. The van der Waals surface area contributed by atoms with Crippen LogP contribution < -0.4 is 0 Å². The van der Waals surface area contributed by atoms with E-state index in [-0.39, 0.29) is 0 Å². The first-order valence-electron chi connectivity index (χ1n) is 8.87. The van der Waals surface area contributed by atoms with E-state index in [2.05, 4.69) is 44.2 Å². The second kappa shape index (κ2) is 6.12. The molecule has 21 heavy (non-hydrogen) atoms. The minimum Gasteiger partial charge on any atom is -0.389 e. The van der Waals surface area contributed by atoms with Crippen LogP contribution in [0.2, 0.25) is 0 Å². The highest BCUT2D eigenvalue weighted by atomic mass is 16.3. The van der Waals surface area contributed by atoms with Gasteiger partial charge in [0.2, 0.25) is 0 Å². The van der Waals surface area contributed by atoms with Gasteiger partial charge in [0.25, 0.3) is 0 Å². The van der Waals surface area contributed by atoms with E-state index in [0.717, 1.165) is 24.7 Å². The molecule has 3 rings (SSSR count). The topological polar surface area (TPSA) is 20.2 Å². The molecule has 0 saturated heterocycles. The Morgan fingerprint density at radius 3 is 2.29 bits per heavy atom. The third-order valence-corrected chi connectivity index (χ3v) is 6.01. The minimum absolute atomic E-state index is 0.343. The van der Waals surface area contributed by atoms with E-state index in [1.165, 1.54) is 37.7 Å². The summed E-state index contributed by atoms with van der Waals surface area (Å²) in [6.45, 7) is 4.73. The monoisotopic (exact) mass is 286 g/mol. The Labute approximate surface area is 129 Å². The van der Waals surface area contributed by atoms with E-state index in [4.69, 9.17) is 0 Å². The number of aliphatic hydroxyl groups is 1. The van der Waals surface area contributed by atoms with Crippen molar-refractivity contribution in [3.05, 3.63) is 35.9 Å². The number of hydrogen-bond donors (Lipinski definition) is 1. The van der Waals surface area contributed by atoms with Gasteiger partial charge in [0.15, 0.2) is 0 Å². The molecule has 0 aromatic heterocycles. The maximum absolute atomic E-state index is 11.6. The average molecular weight is 286 g/mol. The Morgan fingerprint density at radius 1 is 0.952 bits per heavy atom. The van der Waals surface area contributed by atoms with Crippen molar-refractivity contribution < 1.29 is 5.11 Å². The van der Waals surface area contributed by atoms with Gasteiger partial charge >= 0.3 is 0 Å². The highest BCUT2D eigenvalue weighted by Crippen LogP contribution is 2.50. The van der Waals surface area contributed by atoms with Crippen molar-refractivity contribution in [2.75, 3.05) is 0 Å². The first kappa shape index (κ1) is 15.1. The quantitative estimate of drug-likeness (QED) is 0.797. The van der Waals surface area contributed by atoms with E-state index in [1.54, 1.807) is 0 Å². The molecule has 4 unspecified atom stereocenters. The molecule has 1 heteroatoms. The molecule has 1 N–H and O–H groups in total. The summed E-state index contributed by atoms with van der Waals surface area (Å²) in [5.74, 6) is 2.36. The first-order chi connectivity index (χ1) is 10.1. The molecule has 0 amide bonds. The summed E-state index contributed by atoms with van der Waals surface area (Å²) in [6, 6.07) is 10.8. The third kappa shape index (κ3) is 3.04. The van der Waals surface area contributed by atoms with Crippen LogP contribution in [0.15, 0.2) is 30.3 Å². The van der Waals surface area contributed by atoms with Crippen LogP contribution in [0.25, 0.3) is 0 Å². The van der Waals surface area contributed by atoms with Crippen molar-refractivity contribution in [2.45, 2.75) is 70.3 Å². The fourth-order valence-electron chi connectivity index (χ4n) is 5.17. The zero-order chi connectivity index (χ0) is 14.9. The molecule has 0 aliphatic heterocycles. The Morgan fingerprint density at radius 2 is 1.62 bits per heavy atom. The zero-order valence-electron chi connectivity index (χ0n) is 13.6. The summed E-state index contributed by atoms with van der Waals surface area (Å²) >= 11 is 0. The molecule has 2 aliphatic carbocycles. The van der Waals surface area contributed by atoms with Crippen molar-refractivity contribution in [1.82, 2.24) is 0 Å². The maximum atomic E-state index is 11.6. The lowest BCUT2D eigenvalue weighted by molar-refractivity contribution is -0.0901. The fourth-order valence-corrected chi connectivity index (χ4v) is 5.17. The van der Waals surface area contributed by atoms with Crippen LogP contribution in [0, 0.1) is 17.8 Å². The average Bonchev–Trinajstić information content (AvgIpc) is 2.47. The molecular weight excluding hydrogens is 256 g/mol. The zero-order valence-corrected chi connectivity index (χ0v) is 13.6. The van der Waals surface area contributed by atoms with Crippen molar-refractivity contribution in [2.24, 2.45) is 17.8 Å². The van der Waals surface area contributed by atoms with Crippen LogP contribution in [0.5, 0.6) is 0 Å². The largest absolute Gasteiger partial charge is 0.389 e. The molecule has 1 aromatic carbocycles. The fraction of sp³-hybridized carbons (Fsp3) is 0.700. The lowest BCUT2D eigenvalue weighted by Gasteiger charge is -2.49. The predicted molar refractivity (Wildman–Crippen MR) is 88.3 cm³/mol. The van der Waals surface area contributed by atoms with Gasteiger partial charge in [-0.05, 0) is 55.4 Å². The van der Waals surface area contributed by atoms with E-state index >= 15 is 0 Å². The molecule has 2 aliphatic rings. The van der Waals surface area contributed by atoms with Crippen LogP contribution >= 0.6 is 0 Å². The molecule has 2 saturated carbocycles. The highest BCUT2D eigenvalue weighted by Gasteiger charge is 2.47. The molecule has 0 heterocycles. The first-order valence-corrected chi connectivity index (χ1v) is 8.87. The van der Waals surface area contributed by atoms with E-state index in [0.29, 0.717) is 11.8 Å². The number of benzene rings is 1. The van der Waals surface area contributed by atoms with Gasteiger partial charge in [-0.25, -0.2) is 0 Å². The van der Waals surface area contributed by atoms with Gasteiger partial charge in [0.1, 0.15) is 0 Å². The summed E-state index contributed by atoms with van der Waals surface area (Å²) in [5, 5.41) is 11.6. The van der Waals surface area contributed by atoms with Gasteiger partial charge in [-0.2, -0.15) is 0 Å². The van der Waals surface area contributed by atoms with Gasteiger partial charge in [-0.15, -0.1) is 0 Å². The molecule has 0 bridgehead atoms.